The summed E-state index contributed by atoms with van der Waals surface area (Å²) in [5.41, 5.74) is 2.76. The molecule has 0 aromatic heterocycles. The second kappa shape index (κ2) is 14.4. The number of para-hydroxylation sites is 2. The van der Waals surface area contributed by atoms with E-state index in [2.05, 4.69) is 10.6 Å². The SMILES string of the molecule is COc1ccc(S(=O)(=O)N(Cc2ccccc2)c2ccccc2C(=O)Nc2ccccc2C(=O)NCCc2ccccc2)cc1. The van der Waals surface area contributed by atoms with Gasteiger partial charge in [0, 0.05) is 6.54 Å². The van der Waals surface area contributed by atoms with Crippen molar-refractivity contribution in [1.82, 2.24) is 5.32 Å². The molecule has 45 heavy (non-hydrogen) atoms. The van der Waals surface area contributed by atoms with E-state index in [1.165, 1.54) is 23.5 Å². The number of methoxy groups -OCH3 is 1. The molecule has 0 aliphatic carbocycles. The first-order valence-electron chi connectivity index (χ1n) is 14.4. The van der Waals surface area contributed by atoms with Crippen LogP contribution in [0.3, 0.4) is 0 Å². The molecule has 2 N–H and O–H groups in total. The number of benzene rings is 5. The monoisotopic (exact) mass is 619 g/mol. The van der Waals surface area contributed by atoms with Crippen LogP contribution in [0.25, 0.3) is 0 Å². The van der Waals surface area contributed by atoms with Crippen molar-refractivity contribution < 1.29 is 22.7 Å². The van der Waals surface area contributed by atoms with E-state index in [1.807, 2.05) is 60.7 Å². The van der Waals surface area contributed by atoms with Crippen molar-refractivity contribution in [3.63, 3.8) is 0 Å². The Bertz CT molecular complexity index is 1860. The smallest absolute Gasteiger partial charge is 0.264 e. The van der Waals surface area contributed by atoms with Crippen molar-refractivity contribution in [2.45, 2.75) is 17.9 Å². The molecule has 0 bridgehead atoms. The number of anilines is 2. The van der Waals surface area contributed by atoms with E-state index in [4.69, 9.17) is 4.74 Å². The van der Waals surface area contributed by atoms with Crippen LogP contribution in [0.2, 0.25) is 0 Å². The van der Waals surface area contributed by atoms with Gasteiger partial charge in [-0.3, -0.25) is 13.9 Å². The summed E-state index contributed by atoms with van der Waals surface area (Å²) in [7, 11) is -2.62. The quantitative estimate of drug-likeness (QED) is 0.170. The molecule has 5 rings (SSSR count). The number of amides is 2. The van der Waals surface area contributed by atoms with Gasteiger partial charge in [0.05, 0.1) is 41.1 Å². The average molecular weight is 620 g/mol. The van der Waals surface area contributed by atoms with Crippen LogP contribution in [0, 0.1) is 0 Å². The maximum atomic E-state index is 14.1. The number of hydrogen-bond donors (Lipinski definition) is 2. The minimum Gasteiger partial charge on any atom is -0.497 e. The molecule has 0 radical (unpaired) electrons. The zero-order valence-corrected chi connectivity index (χ0v) is 25.5. The van der Waals surface area contributed by atoms with Gasteiger partial charge in [-0.25, -0.2) is 8.42 Å². The van der Waals surface area contributed by atoms with Crippen LogP contribution in [0.15, 0.2) is 138 Å². The van der Waals surface area contributed by atoms with E-state index in [9.17, 15) is 18.0 Å². The summed E-state index contributed by atoms with van der Waals surface area (Å²) in [5.74, 6) is -0.368. The third-order valence-corrected chi connectivity index (χ3v) is 8.97. The summed E-state index contributed by atoms with van der Waals surface area (Å²) in [5, 5.41) is 5.76. The Balaban J connectivity index is 1.43. The van der Waals surface area contributed by atoms with Crippen LogP contribution < -0.4 is 19.7 Å². The molecular formula is C36H33N3O5S. The van der Waals surface area contributed by atoms with Crippen LogP contribution in [-0.2, 0) is 23.0 Å². The van der Waals surface area contributed by atoms with Gasteiger partial charge >= 0.3 is 0 Å². The van der Waals surface area contributed by atoms with Crippen LogP contribution >= 0.6 is 0 Å². The molecule has 0 atom stereocenters. The molecule has 2 amide bonds. The lowest BCUT2D eigenvalue weighted by Gasteiger charge is -2.27. The summed E-state index contributed by atoms with van der Waals surface area (Å²) >= 11 is 0. The number of nitrogens with zero attached hydrogens (tertiary/aromatic N) is 1. The first-order valence-corrected chi connectivity index (χ1v) is 15.8. The van der Waals surface area contributed by atoms with Gasteiger partial charge in [0.2, 0.25) is 0 Å². The summed E-state index contributed by atoms with van der Waals surface area (Å²) < 4.78 is 34.7. The molecular weight excluding hydrogens is 586 g/mol. The highest BCUT2D eigenvalue weighted by atomic mass is 32.2. The van der Waals surface area contributed by atoms with E-state index in [0.29, 0.717) is 30.0 Å². The van der Waals surface area contributed by atoms with E-state index >= 15 is 0 Å². The summed E-state index contributed by atoms with van der Waals surface area (Å²) in [4.78, 5) is 27.0. The predicted octanol–water partition coefficient (Wildman–Crippen LogP) is 6.32. The van der Waals surface area contributed by atoms with Crippen molar-refractivity contribution in [2.24, 2.45) is 0 Å². The first kappa shape index (κ1) is 31.0. The lowest BCUT2D eigenvalue weighted by atomic mass is 10.1. The Morgan fingerprint density at radius 2 is 1.24 bits per heavy atom. The number of ether oxygens (including phenoxy) is 1. The standard InChI is InChI=1S/C36H33N3O5S/c1-44-29-20-22-30(23-21-29)45(42,43)39(26-28-14-6-3-7-15-28)34-19-11-9-17-32(34)36(41)38-33-18-10-8-16-31(33)35(40)37-25-24-27-12-4-2-5-13-27/h2-23H,24-26H2,1H3,(H,37,40)(H,38,41). The molecule has 5 aromatic carbocycles. The van der Waals surface area contributed by atoms with Gasteiger partial charge < -0.3 is 15.4 Å². The fraction of sp³-hybridized carbons (Fsp3) is 0.111. The average Bonchev–Trinajstić information content (AvgIpc) is 3.08. The minimum absolute atomic E-state index is 0.0140. The summed E-state index contributed by atoms with van der Waals surface area (Å²) in [6.07, 6.45) is 0.661. The van der Waals surface area contributed by atoms with Gasteiger partial charge in [0.15, 0.2) is 0 Å². The highest BCUT2D eigenvalue weighted by molar-refractivity contribution is 7.92. The molecule has 0 fully saturated rings. The van der Waals surface area contributed by atoms with Crippen molar-refractivity contribution in [3.05, 3.63) is 156 Å². The maximum Gasteiger partial charge on any atom is 0.264 e. The number of carbonyl (C=O) groups excluding carboxylic acids is 2. The number of carbonyl (C=O) groups is 2. The second-order valence-electron chi connectivity index (χ2n) is 10.2. The van der Waals surface area contributed by atoms with E-state index < -0.39 is 15.9 Å². The Morgan fingerprint density at radius 3 is 1.91 bits per heavy atom. The lowest BCUT2D eigenvalue weighted by Crippen LogP contribution is -2.32. The van der Waals surface area contributed by atoms with Gasteiger partial charge in [-0.2, -0.15) is 0 Å². The lowest BCUT2D eigenvalue weighted by molar-refractivity contribution is 0.0955. The highest BCUT2D eigenvalue weighted by Crippen LogP contribution is 2.31. The molecule has 8 nitrogen and oxygen atoms in total. The fourth-order valence-corrected chi connectivity index (χ4v) is 6.32. The molecule has 0 aliphatic heterocycles. The van der Waals surface area contributed by atoms with Crippen molar-refractivity contribution in [1.29, 1.82) is 0 Å². The van der Waals surface area contributed by atoms with Gasteiger partial charge in [-0.15, -0.1) is 0 Å². The van der Waals surface area contributed by atoms with Crippen molar-refractivity contribution in [2.75, 3.05) is 23.3 Å². The number of nitrogens with one attached hydrogen (secondary N) is 2. The van der Waals surface area contributed by atoms with Crippen molar-refractivity contribution >= 4 is 33.2 Å². The van der Waals surface area contributed by atoms with Crippen LogP contribution in [0.5, 0.6) is 5.75 Å². The van der Waals surface area contributed by atoms with E-state index in [0.717, 1.165) is 11.1 Å². The fourth-order valence-electron chi connectivity index (χ4n) is 4.85. The topological polar surface area (TPSA) is 105 Å². The molecule has 0 saturated heterocycles. The summed E-state index contributed by atoms with van der Waals surface area (Å²) in [6.45, 7) is 0.408. The first-order chi connectivity index (χ1) is 21.9. The molecule has 228 valence electrons. The largest absolute Gasteiger partial charge is 0.497 e. The van der Waals surface area contributed by atoms with Gasteiger partial charge in [-0.1, -0.05) is 84.9 Å². The molecule has 0 unspecified atom stereocenters. The Morgan fingerprint density at radius 1 is 0.667 bits per heavy atom. The van der Waals surface area contributed by atoms with E-state index in [1.54, 1.807) is 60.7 Å². The number of hydrogen-bond acceptors (Lipinski definition) is 5. The third kappa shape index (κ3) is 7.57. The van der Waals surface area contributed by atoms with Crippen molar-refractivity contribution in [3.8, 4) is 5.75 Å². The Hall–Kier alpha value is -5.41. The molecule has 9 heteroatoms. The van der Waals surface area contributed by atoms with Gasteiger partial charge in [0.25, 0.3) is 21.8 Å². The second-order valence-corrected chi connectivity index (χ2v) is 12.0. The highest BCUT2D eigenvalue weighted by Gasteiger charge is 2.29. The summed E-state index contributed by atoms with van der Waals surface area (Å²) in [6, 6.07) is 38.3. The van der Waals surface area contributed by atoms with Gasteiger partial charge in [0.1, 0.15) is 5.75 Å². The van der Waals surface area contributed by atoms with E-state index in [-0.39, 0.29) is 28.6 Å². The number of sulfonamides is 1. The molecule has 0 heterocycles. The molecule has 0 spiro atoms. The zero-order valence-electron chi connectivity index (χ0n) is 24.7. The third-order valence-electron chi connectivity index (χ3n) is 7.20. The molecule has 0 aliphatic rings. The maximum absolute atomic E-state index is 14.1. The Kier molecular flexibility index (Phi) is 9.91. The van der Waals surface area contributed by atoms with Crippen LogP contribution in [0.4, 0.5) is 11.4 Å². The van der Waals surface area contributed by atoms with Crippen LogP contribution in [-0.4, -0.2) is 33.9 Å². The molecule has 0 saturated carbocycles. The molecule has 5 aromatic rings. The predicted molar refractivity (Wildman–Crippen MR) is 176 cm³/mol. The number of rotatable bonds is 12. The zero-order chi connectivity index (χ0) is 31.6. The minimum atomic E-state index is -4.13. The van der Waals surface area contributed by atoms with Crippen LogP contribution in [0.1, 0.15) is 31.8 Å². The Labute approximate surface area is 263 Å². The normalized spacial score (nSPS) is 11.0. The van der Waals surface area contributed by atoms with Gasteiger partial charge in [-0.05, 0) is 66.1 Å².